The van der Waals surface area contributed by atoms with E-state index in [4.69, 9.17) is 10.5 Å². The van der Waals surface area contributed by atoms with Gasteiger partial charge >= 0.3 is 0 Å². The van der Waals surface area contributed by atoms with Gasteiger partial charge in [-0.05, 0) is 19.1 Å². The molecular weight excluding hydrogens is 290 g/mol. The van der Waals surface area contributed by atoms with E-state index in [0.29, 0.717) is 0 Å². The number of hydrogen-bond donors (Lipinski definition) is 1. The third-order valence-electron chi connectivity index (χ3n) is 3.18. The van der Waals surface area contributed by atoms with Crippen LogP contribution in [0.15, 0.2) is 17.0 Å². The molecule has 1 heterocycles. The van der Waals surface area contributed by atoms with Gasteiger partial charge in [0.2, 0.25) is 10.0 Å². The minimum atomic E-state index is -4.02. The van der Waals surface area contributed by atoms with Crippen molar-refractivity contribution in [2.24, 2.45) is 5.73 Å². The largest absolute Gasteiger partial charge is 0.376 e. The summed E-state index contributed by atoms with van der Waals surface area (Å²) in [6, 6.07) is 1.85. The Kier molecular flexibility index (Phi) is 4.38. The van der Waals surface area contributed by atoms with Crippen molar-refractivity contribution in [1.29, 1.82) is 0 Å². The van der Waals surface area contributed by atoms with Crippen LogP contribution in [0.2, 0.25) is 0 Å². The average Bonchev–Trinajstić information content (AvgIpc) is 2.39. The maximum Gasteiger partial charge on any atom is 0.246 e. The van der Waals surface area contributed by atoms with Crippen molar-refractivity contribution in [3.63, 3.8) is 0 Å². The first-order chi connectivity index (χ1) is 9.37. The average molecular weight is 306 g/mol. The van der Waals surface area contributed by atoms with E-state index in [1.165, 1.54) is 0 Å². The standard InChI is InChI=1S/C12H16F2N2O3S/c1-8-7-16(4-5-19-8)20(17,18)11-3-2-10(13)9(6-15)12(11)14/h2-3,8H,4-7,15H2,1H3. The van der Waals surface area contributed by atoms with Gasteiger partial charge in [-0.3, -0.25) is 0 Å². The molecule has 0 radical (unpaired) electrons. The summed E-state index contributed by atoms with van der Waals surface area (Å²) in [7, 11) is -4.02. The molecule has 1 atom stereocenters. The highest BCUT2D eigenvalue weighted by Gasteiger charge is 2.32. The Balaban J connectivity index is 2.44. The lowest BCUT2D eigenvalue weighted by Gasteiger charge is -2.30. The van der Waals surface area contributed by atoms with Gasteiger partial charge < -0.3 is 10.5 Å². The van der Waals surface area contributed by atoms with Gasteiger partial charge in [-0.25, -0.2) is 17.2 Å². The van der Waals surface area contributed by atoms with Crippen molar-refractivity contribution in [1.82, 2.24) is 4.31 Å². The Morgan fingerprint density at radius 3 is 2.75 bits per heavy atom. The Morgan fingerprint density at radius 1 is 1.45 bits per heavy atom. The molecule has 0 amide bonds. The van der Waals surface area contributed by atoms with Crippen LogP contribution in [0.1, 0.15) is 12.5 Å². The monoisotopic (exact) mass is 306 g/mol. The molecular formula is C12H16F2N2O3S. The van der Waals surface area contributed by atoms with Gasteiger partial charge in [0.25, 0.3) is 0 Å². The van der Waals surface area contributed by atoms with Crippen LogP contribution >= 0.6 is 0 Å². The molecule has 8 heteroatoms. The van der Waals surface area contributed by atoms with Crippen LogP contribution in [0.4, 0.5) is 8.78 Å². The number of benzene rings is 1. The van der Waals surface area contributed by atoms with Crippen molar-refractivity contribution in [2.75, 3.05) is 19.7 Å². The zero-order valence-corrected chi connectivity index (χ0v) is 11.8. The fraction of sp³-hybridized carbons (Fsp3) is 0.500. The van der Waals surface area contributed by atoms with Crippen LogP contribution in [-0.4, -0.2) is 38.5 Å². The molecule has 0 spiro atoms. The van der Waals surface area contributed by atoms with Gasteiger partial charge in [0.05, 0.1) is 12.7 Å². The lowest BCUT2D eigenvalue weighted by molar-refractivity contribution is 0.0101. The number of rotatable bonds is 3. The molecule has 0 bridgehead atoms. The number of morpholine rings is 1. The van der Waals surface area contributed by atoms with Gasteiger partial charge in [0, 0.05) is 25.2 Å². The highest BCUT2D eigenvalue weighted by atomic mass is 32.2. The van der Waals surface area contributed by atoms with Crippen molar-refractivity contribution >= 4 is 10.0 Å². The Morgan fingerprint density at radius 2 is 2.15 bits per heavy atom. The summed E-state index contributed by atoms with van der Waals surface area (Å²) in [4.78, 5) is -0.548. The highest BCUT2D eigenvalue weighted by Crippen LogP contribution is 2.25. The summed E-state index contributed by atoms with van der Waals surface area (Å²) in [5.41, 5.74) is 4.83. The molecule has 1 aromatic rings. The molecule has 1 fully saturated rings. The van der Waals surface area contributed by atoms with E-state index in [0.717, 1.165) is 16.4 Å². The molecule has 20 heavy (non-hydrogen) atoms. The SMILES string of the molecule is CC1CN(S(=O)(=O)c2ccc(F)c(CN)c2F)CCO1. The fourth-order valence-electron chi connectivity index (χ4n) is 2.11. The molecule has 1 aromatic carbocycles. The molecule has 112 valence electrons. The molecule has 1 unspecified atom stereocenters. The number of halogens is 2. The second-order valence-electron chi connectivity index (χ2n) is 4.59. The number of nitrogens with zero attached hydrogens (tertiary/aromatic N) is 1. The Bertz CT molecular complexity index is 607. The summed E-state index contributed by atoms with van der Waals surface area (Å²) in [5, 5.41) is 0. The quantitative estimate of drug-likeness (QED) is 0.898. The molecule has 0 saturated carbocycles. The van der Waals surface area contributed by atoms with E-state index >= 15 is 0 Å². The van der Waals surface area contributed by atoms with E-state index in [1.54, 1.807) is 6.92 Å². The van der Waals surface area contributed by atoms with Crippen LogP contribution in [0.5, 0.6) is 0 Å². The maximum atomic E-state index is 14.1. The molecule has 5 nitrogen and oxygen atoms in total. The lowest BCUT2D eigenvalue weighted by atomic mass is 10.2. The topological polar surface area (TPSA) is 72.6 Å². The molecule has 0 aromatic heterocycles. The van der Waals surface area contributed by atoms with Crippen molar-refractivity contribution in [2.45, 2.75) is 24.5 Å². The van der Waals surface area contributed by atoms with E-state index in [-0.39, 0.29) is 25.8 Å². The van der Waals surface area contributed by atoms with Gasteiger partial charge in [-0.1, -0.05) is 0 Å². The Labute approximate surface area is 116 Å². The molecule has 0 aliphatic carbocycles. The van der Waals surface area contributed by atoms with Gasteiger partial charge in [-0.15, -0.1) is 0 Å². The third kappa shape index (κ3) is 2.69. The minimum absolute atomic E-state index is 0.136. The molecule has 2 rings (SSSR count). The maximum absolute atomic E-state index is 14.1. The summed E-state index contributed by atoms with van der Waals surface area (Å²) in [6.45, 7) is 1.85. The predicted molar refractivity (Wildman–Crippen MR) is 68.4 cm³/mol. The van der Waals surface area contributed by atoms with E-state index in [2.05, 4.69) is 0 Å². The fourth-order valence-corrected chi connectivity index (χ4v) is 3.70. The normalized spacial score (nSPS) is 21.1. The zero-order chi connectivity index (χ0) is 14.9. The summed E-state index contributed by atoms with van der Waals surface area (Å²) in [6.07, 6.45) is -0.268. The zero-order valence-electron chi connectivity index (χ0n) is 11.0. The third-order valence-corrected chi connectivity index (χ3v) is 5.06. The minimum Gasteiger partial charge on any atom is -0.376 e. The molecule has 1 aliphatic heterocycles. The number of sulfonamides is 1. The smallest absolute Gasteiger partial charge is 0.246 e. The van der Waals surface area contributed by atoms with Crippen LogP contribution in [0.25, 0.3) is 0 Å². The highest BCUT2D eigenvalue weighted by molar-refractivity contribution is 7.89. The van der Waals surface area contributed by atoms with Gasteiger partial charge in [0.1, 0.15) is 10.7 Å². The summed E-state index contributed by atoms with van der Waals surface area (Å²) >= 11 is 0. The van der Waals surface area contributed by atoms with Crippen molar-refractivity contribution in [3.8, 4) is 0 Å². The van der Waals surface area contributed by atoms with Crippen LogP contribution in [-0.2, 0) is 21.3 Å². The van der Waals surface area contributed by atoms with Crippen LogP contribution in [0, 0.1) is 11.6 Å². The second kappa shape index (κ2) is 5.72. The van der Waals surface area contributed by atoms with Crippen molar-refractivity contribution in [3.05, 3.63) is 29.3 Å². The summed E-state index contributed by atoms with van der Waals surface area (Å²) in [5.74, 6) is -1.97. The lowest BCUT2D eigenvalue weighted by Crippen LogP contribution is -2.44. The van der Waals surface area contributed by atoms with E-state index < -0.39 is 38.7 Å². The molecule has 1 saturated heterocycles. The van der Waals surface area contributed by atoms with Gasteiger partial charge in [-0.2, -0.15) is 4.31 Å². The second-order valence-corrected chi connectivity index (χ2v) is 6.49. The number of nitrogens with two attached hydrogens (primary N) is 1. The first kappa shape index (κ1) is 15.3. The first-order valence-electron chi connectivity index (χ1n) is 6.16. The summed E-state index contributed by atoms with van der Waals surface area (Å²) < 4.78 is 58.7. The first-order valence-corrected chi connectivity index (χ1v) is 7.60. The number of ether oxygens (including phenoxy) is 1. The van der Waals surface area contributed by atoms with Crippen molar-refractivity contribution < 1.29 is 21.9 Å². The molecule has 1 aliphatic rings. The van der Waals surface area contributed by atoms with Crippen LogP contribution in [0.3, 0.4) is 0 Å². The number of hydrogen-bond acceptors (Lipinski definition) is 4. The van der Waals surface area contributed by atoms with E-state index in [1.807, 2.05) is 0 Å². The predicted octanol–water partition coefficient (Wildman–Crippen LogP) is 0.833. The molecule has 2 N–H and O–H groups in total. The van der Waals surface area contributed by atoms with E-state index in [9.17, 15) is 17.2 Å². The van der Waals surface area contributed by atoms with Crippen LogP contribution < -0.4 is 5.73 Å². The Hall–Kier alpha value is -1.09. The van der Waals surface area contributed by atoms with Gasteiger partial charge in [0.15, 0.2) is 5.82 Å².